The second kappa shape index (κ2) is 6.82. The van der Waals surface area contributed by atoms with E-state index in [4.69, 9.17) is 0 Å². The highest BCUT2D eigenvalue weighted by molar-refractivity contribution is 8.00. The fourth-order valence-corrected chi connectivity index (χ4v) is 2.07. The van der Waals surface area contributed by atoms with Crippen molar-refractivity contribution in [2.75, 3.05) is 12.3 Å². The Morgan fingerprint density at radius 1 is 1.27 bits per heavy atom. The molecule has 0 spiro atoms. The quantitative estimate of drug-likeness (QED) is 0.653. The summed E-state index contributed by atoms with van der Waals surface area (Å²) in [4.78, 5) is 11.7. The maximum atomic E-state index is 12.8. The minimum atomic E-state index is -4.31. The first-order valence-electron chi connectivity index (χ1n) is 6.15. The zero-order valence-electron chi connectivity index (χ0n) is 11.1. The van der Waals surface area contributed by atoms with Crippen LogP contribution in [0.4, 0.5) is 17.6 Å². The largest absolute Gasteiger partial charge is 0.441 e. The molecule has 2 N–H and O–H groups in total. The SMILES string of the molecule is O=C(NCCSC(F)(F)F)c1cc(-c2ccc(F)cc2)n[nH]1. The van der Waals surface area contributed by atoms with E-state index in [1.165, 1.54) is 30.3 Å². The van der Waals surface area contributed by atoms with Gasteiger partial charge in [-0.05, 0) is 42.1 Å². The number of halogens is 4. The minimum absolute atomic E-state index is 0.117. The highest BCUT2D eigenvalue weighted by Gasteiger charge is 2.27. The monoisotopic (exact) mass is 333 g/mol. The van der Waals surface area contributed by atoms with Crippen molar-refractivity contribution in [3.8, 4) is 11.3 Å². The summed E-state index contributed by atoms with van der Waals surface area (Å²) in [5.74, 6) is -1.21. The number of carbonyl (C=O) groups excluding carboxylic acids is 1. The number of rotatable bonds is 5. The van der Waals surface area contributed by atoms with Crippen LogP contribution in [0.3, 0.4) is 0 Å². The molecule has 118 valence electrons. The Morgan fingerprint density at radius 2 is 1.95 bits per heavy atom. The van der Waals surface area contributed by atoms with Gasteiger partial charge in [0.25, 0.3) is 5.91 Å². The lowest BCUT2D eigenvalue weighted by Crippen LogP contribution is -2.26. The predicted molar refractivity (Wildman–Crippen MR) is 74.8 cm³/mol. The number of nitrogens with zero attached hydrogens (tertiary/aromatic N) is 1. The fraction of sp³-hybridized carbons (Fsp3) is 0.231. The number of aromatic nitrogens is 2. The van der Waals surface area contributed by atoms with Crippen LogP contribution in [0.2, 0.25) is 0 Å². The standard InChI is InChI=1S/C13H11F4N3OS/c14-9-3-1-8(2-4-9)10-7-11(20-19-10)12(21)18-5-6-22-13(15,16)17/h1-4,7H,5-6H2,(H,18,21)(H,19,20). The third-order valence-corrected chi connectivity index (χ3v) is 3.35. The van der Waals surface area contributed by atoms with Gasteiger partial charge in [-0.2, -0.15) is 18.3 Å². The number of thioether (sulfide) groups is 1. The third-order valence-electron chi connectivity index (χ3n) is 2.62. The molecule has 22 heavy (non-hydrogen) atoms. The van der Waals surface area contributed by atoms with Crippen LogP contribution in [0.25, 0.3) is 11.3 Å². The highest BCUT2D eigenvalue weighted by atomic mass is 32.2. The van der Waals surface area contributed by atoms with Gasteiger partial charge in [0.05, 0.1) is 5.69 Å². The van der Waals surface area contributed by atoms with Crippen LogP contribution < -0.4 is 5.32 Å². The van der Waals surface area contributed by atoms with Gasteiger partial charge in [0.2, 0.25) is 0 Å². The number of hydrogen-bond acceptors (Lipinski definition) is 3. The Morgan fingerprint density at radius 3 is 2.59 bits per heavy atom. The molecule has 1 amide bonds. The molecule has 0 radical (unpaired) electrons. The van der Waals surface area contributed by atoms with Crippen molar-refractivity contribution >= 4 is 17.7 Å². The third kappa shape index (κ3) is 4.76. The van der Waals surface area contributed by atoms with Crippen LogP contribution in [0, 0.1) is 5.82 Å². The Balaban J connectivity index is 1.90. The lowest BCUT2D eigenvalue weighted by molar-refractivity contribution is -0.0327. The molecule has 2 aromatic rings. The molecule has 0 saturated carbocycles. The van der Waals surface area contributed by atoms with Crippen LogP contribution in [0.1, 0.15) is 10.5 Å². The predicted octanol–water partition coefficient (Wildman–Crippen LogP) is 3.20. The number of hydrogen-bond donors (Lipinski definition) is 2. The molecule has 1 aromatic carbocycles. The van der Waals surface area contributed by atoms with E-state index < -0.39 is 11.4 Å². The molecule has 0 aliphatic heterocycles. The molecule has 0 atom stereocenters. The molecule has 0 aliphatic rings. The van der Waals surface area contributed by atoms with Crippen molar-refractivity contribution in [3.05, 3.63) is 41.8 Å². The van der Waals surface area contributed by atoms with E-state index in [0.29, 0.717) is 11.3 Å². The first-order valence-corrected chi connectivity index (χ1v) is 7.14. The molecule has 1 heterocycles. The van der Waals surface area contributed by atoms with Crippen LogP contribution in [-0.4, -0.2) is 33.9 Å². The Labute approximate surface area is 127 Å². The first kappa shape index (κ1) is 16.3. The van der Waals surface area contributed by atoms with Crippen LogP contribution >= 0.6 is 11.8 Å². The summed E-state index contributed by atoms with van der Waals surface area (Å²) in [5, 5.41) is 8.76. The van der Waals surface area contributed by atoms with E-state index in [1.807, 2.05) is 0 Å². The fourth-order valence-electron chi connectivity index (χ4n) is 1.63. The average molecular weight is 333 g/mol. The molecule has 0 bridgehead atoms. The smallest absolute Gasteiger partial charge is 0.350 e. The molecule has 0 fully saturated rings. The van der Waals surface area contributed by atoms with Crippen molar-refractivity contribution in [1.82, 2.24) is 15.5 Å². The molecule has 2 rings (SSSR count). The number of alkyl halides is 3. The topological polar surface area (TPSA) is 57.8 Å². The van der Waals surface area contributed by atoms with Gasteiger partial charge in [0.15, 0.2) is 0 Å². The van der Waals surface area contributed by atoms with Gasteiger partial charge < -0.3 is 5.32 Å². The van der Waals surface area contributed by atoms with Gasteiger partial charge in [0, 0.05) is 17.9 Å². The van der Waals surface area contributed by atoms with Crippen molar-refractivity contribution in [2.24, 2.45) is 0 Å². The van der Waals surface area contributed by atoms with Gasteiger partial charge in [-0.25, -0.2) is 4.39 Å². The summed E-state index contributed by atoms with van der Waals surface area (Å²) < 4.78 is 48.6. The maximum absolute atomic E-state index is 12.8. The van der Waals surface area contributed by atoms with Crippen molar-refractivity contribution < 1.29 is 22.4 Å². The van der Waals surface area contributed by atoms with Crippen molar-refractivity contribution in [1.29, 1.82) is 0 Å². The maximum Gasteiger partial charge on any atom is 0.441 e. The number of H-pyrrole nitrogens is 1. The lowest BCUT2D eigenvalue weighted by Gasteiger charge is -2.05. The molecule has 9 heteroatoms. The normalized spacial score (nSPS) is 11.5. The van der Waals surface area contributed by atoms with Crippen LogP contribution in [-0.2, 0) is 0 Å². The highest BCUT2D eigenvalue weighted by Crippen LogP contribution is 2.29. The number of aromatic amines is 1. The van der Waals surface area contributed by atoms with E-state index in [0.717, 1.165) is 0 Å². The molecular weight excluding hydrogens is 322 g/mol. The molecule has 0 unspecified atom stereocenters. The Hall–Kier alpha value is -2.03. The van der Waals surface area contributed by atoms with E-state index in [9.17, 15) is 22.4 Å². The van der Waals surface area contributed by atoms with Crippen molar-refractivity contribution in [2.45, 2.75) is 5.51 Å². The second-order valence-electron chi connectivity index (χ2n) is 4.22. The van der Waals surface area contributed by atoms with E-state index in [2.05, 4.69) is 15.5 Å². The molecule has 4 nitrogen and oxygen atoms in total. The van der Waals surface area contributed by atoms with Crippen molar-refractivity contribution in [3.63, 3.8) is 0 Å². The summed E-state index contributed by atoms with van der Waals surface area (Å²) in [6.45, 7) is -0.117. The van der Waals surface area contributed by atoms with Gasteiger partial charge in [-0.1, -0.05) is 0 Å². The second-order valence-corrected chi connectivity index (χ2v) is 5.38. The summed E-state index contributed by atoms with van der Waals surface area (Å²) in [7, 11) is 0. The zero-order valence-corrected chi connectivity index (χ0v) is 11.9. The minimum Gasteiger partial charge on any atom is -0.350 e. The molecule has 0 saturated heterocycles. The van der Waals surface area contributed by atoms with E-state index in [1.54, 1.807) is 0 Å². The van der Waals surface area contributed by atoms with Gasteiger partial charge in [-0.3, -0.25) is 9.89 Å². The summed E-state index contributed by atoms with van der Waals surface area (Å²) in [5.41, 5.74) is -3.13. The van der Waals surface area contributed by atoms with Crippen LogP contribution in [0.5, 0.6) is 0 Å². The van der Waals surface area contributed by atoms with Gasteiger partial charge in [-0.15, -0.1) is 0 Å². The number of nitrogens with one attached hydrogen (secondary N) is 2. The summed E-state index contributed by atoms with van der Waals surface area (Å²) in [6, 6.07) is 6.98. The number of benzene rings is 1. The lowest BCUT2D eigenvalue weighted by atomic mass is 10.1. The average Bonchev–Trinajstić information content (AvgIpc) is 2.93. The first-order chi connectivity index (χ1) is 10.3. The van der Waals surface area contributed by atoms with Crippen LogP contribution in [0.15, 0.2) is 30.3 Å². The Bertz CT molecular complexity index is 639. The molecular formula is C13H11F4N3OS. The number of carbonyl (C=O) groups is 1. The summed E-state index contributed by atoms with van der Waals surface area (Å²) in [6.07, 6.45) is 0. The Kier molecular flexibility index (Phi) is 5.07. The summed E-state index contributed by atoms with van der Waals surface area (Å²) >= 11 is -0.202. The molecule has 0 aliphatic carbocycles. The number of amides is 1. The van der Waals surface area contributed by atoms with E-state index in [-0.39, 0.29) is 35.6 Å². The van der Waals surface area contributed by atoms with E-state index >= 15 is 0 Å². The van der Waals surface area contributed by atoms with Gasteiger partial charge in [0.1, 0.15) is 11.5 Å². The zero-order chi connectivity index (χ0) is 16.2. The van der Waals surface area contributed by atoms with Gasteiger partial charge >= 0.3 is 5.51 Å². The molecule has 1 aromatic heterocycles.